The first kappa shape index (κ1) is 17.7. The van der Waals surface area contributed by atoms with Gasteiger partial charge in [0.2, 0.25) is 0 Å². The normalized spacial score (nSPS) is 21.0. The van der Waals surface area contributed by atoms with Crippen LogP contribution in [0.15, 0.2) is 18.3 Å². The summed E-state index contributed by atoms with van der Waals surface area (Å²) in [6, 6.07) is 1.92. The maximum atomic E-state index is 14.7. The molecule has 0 radical (unpaired) electrons. The van der Waals surface area contributed by atoms with Crippen LogP contribution in [0.4, 0.5) is 23.4 Å². The molecule has 4 heterocycles. The number of benzene rings is 1. The Morgan fingerprint density at radius 1 is 1.07 bits per heavy atom. The number of aromatic nitrogens is 3. The molecule has 0 saturated carbocycles. The number of rotatable bonds is 1. The molecule has 0 amide bonds. The van der Waals surface area contributed by atoms with Crippen molar-refractivity contribution in [2.75, 3.05) is 31.1 Å². The first-order chi connectivity index (χ1) is 13.3. The summed E-state index contributed by atoms with van der Waals surface area (Å²) in [5.41, 5.74) is -0.547. The monoisotopic (exact) mass is 393 g/mol. The molecule has 0 N–H and O–H groups in total. The van der Waals surface area contributed by atoms with E-state index < -0.39 is 17.6 Å². The molecular formula is C19H19F4N5. The lowest BCUT2D eigenvalue weighted by molar-refractivity contribution is -0.137. The van der Waals surface area contributed by atoms with E-state index in [1.807, 2.05) is 0 Å². The Hall–Kier alpha value is -2.42. The molecule has 2 saturated heterocycles. The summed E-state index contributed by atoms with van der Waals surface area (Å²) in [6.07, 6.45) is -0.717. The van der Waals surface area contributed by atoms with E-state index in [9.17, 15) is 17.6 Å². The number of hydrogen-bond acceptors (Lipinski definition) is 4. The minimum atomic E-state index is -4.62. The Morgan fingerprint density at radius 3 is 2.68 bits per heavy atom. The van der Waals surface area contributed by atoms with Crippen molar-refractivity contribution in [3.8, 4) is 0 Å². The van der Waals surface area contributed by atoms with E-state index >= 15 is 0 Å². The van der Waals surface area contributed by atoms with Crippen LogP contribution in [-0.2, 0) is 13.2 Å². The van der Waals surface area contributed by atoms with Gasteiger partial charge in [-0.2, -0.15) is 18.3 Å². The van der Waals surface area contributed by atoms with Gasteiger partial charge in [-0.25, -0.2) is 9.37 Å². The van der Waals surface area contributed by atoms with Gasteiger partial charge in [0.1, 0.15) is 16.9 Å². The van der Waals surface area contributed by atoms with Crippen molar-refractivity contribution in [1.82, 2.24) is 19.7 Å². The molecule has 28 heavy (non-hydrogen) atoms. The Bertz CT molecular complexity index is 1070. The molecule has 148 valence electrons. The van der Waals surface area contributed by atoms with Crippen LogP contribution in [0.3, 0.4) is 0 Å². The van der Waals surface area contributed by atoms with Gasteiger partial charge in [-0.05, 0) is 31.5 Å². The van der Waals surface area contributed by atoms with Crippen molar-refractivity contribution >= 4 is 27.6 Å². The summed E-state index contributed by atoms with van der Waals surface area (Å²) >= 11 is 0. The molecule has 2 aromatic heterocycles. The van der Waals surface area contributed by atoms with Crippen molar-refractivity contribution < 1.29 is 17.6 Å². The Balaban J connectivity index is 1.70. The van der Waals surface area contributed by atoms with Crippen molar-refractivity contribution in [3.63, 3.8) is 0 Å². The van der Waals surface area contributed by atoms with Crippen LogP contribution in [0.1, 0.15) is 18.4 Å². The maximum Gasteiger partial charge on any atom is 0.416 e. The second kappa shape index (κ2) is 6.04. The van der Waals surface area contributed by atoms with Crippen molar-refractivity contribution in [2.45, 2.75) is 25.1 Å². The third-order valence-electron chi connectivity index (χ3n) is 5.83. The molecule has 9 heteroatoms. The molecule has 5 nitrogen and oxygen atoms in total. The molecule has 2 fully saturated rings. The molecular weight excluding hydrogens is 374 g/mol. The van der Waals surface area contributed by atoms with Gasteiger partial charge in [0.15, 0.2) is 5.82 Å². The van der Waals surface area contributed by atoms with Crippen LogP contribution in [0.2, 0.25) is 0 Å². The van der Waals surface area contributed by atoms with Crippen molar-refractivity contribution in [1.29, 1.82) is 0 Å². The van der Waals surface area contributed by atoms with Gasteiger partial charge >= 0.3 is 6.18 Å². The third-order valence-corrected chi connectivity index (χ3v) is 5.83. The number of fused-ring (bicyclic) bond motifs is 4. The molecule has 0 bridgehead atoms. The van der Waals surface area contributed by atoms with Gasteiger partial charge in [0.05, 0.1) is 5.56 Å². The van der Waals surface area contributed by atoms with E-state index in [1.54, 1.807) is 17.9 Å². The zero-order chi connectivity index (χ0) is 19.6. The lowest BCUT2D eigenvalue weighted by Crippen LogP contribution is -2.50. The molecule has 2 aliphatic heterocycles. The highest BCUT2D eigenvalue weighted by molar-refractivity contribution is 6.08. The highest BCUT2D eigenvalue weighted by Crippen LogP contribution is 2.37. The fraction of sp³-hybridized carbons (Fsp3) is 0.474. The number of aryl methyl sites for hydroxylation is 1. The van der Waals surface area contributed by atoms with Gasteiger partial charge in [0.25, 0.3) is 0 Å². The minimum absolute atomic E-state index is 0.0441. The van der Waals surface area contributed by atoms with Crippen LogP contribution < -0.4 is 4.90 Å². The Kier molecular flexibility index (Phi) is 3.81. The van der Waals surface area contributed by atoms with E-state index in [0.717, 1.165) is 45.1 Å². The van der Waals surface area contributed by atoms with Crippen molar-refractivity contribution in [3.05, 3.63) is 29.7 Å². The van der Waals surface area contributed by atoms with Crippen LogP contribution in [0, 0.1) is 5.82 Å². The first-order valence-electron chi connectivity index (χ1n) is 9.34. The lowest BCUT2D eigenvalue weighted by Gasteiger charge is -2.38. The largest absolute Gasteiger partial charge is 0.416 e. The van der Waals surface area contributed by atoms with Crippen molar-refractivity contribution in [2.24, 2.45) is 7.05 Å². The SMILES string of the molecule is Cn1cc2c(n1)c(N1CCN3CCCC3C1)nc1c(F)cc(C(F)(F)F)cc12. The zero-order valence-corrected chi connectivity index (χ0v) is 15.3. The second-order valence-electron chi connectivity index (χ2n) is 7.63. The maximum absolute atomic E-state index is 14.7. The van der Waals surface area contributed by atoms with E-state index in [-0.39, 0.29) is 10.9 Å². The van der Waals surface area contributed by atoms with Crippen LogP contribution in [-0.4, -0.2) is 51.9 Å². The predicted molar refractivity (Wildman–Crippen MR) is 97.8 cm³/mol. The number of piperazine rings is 1. The number of halogens is 4. The molecule has 5 rings (SSSR count). The molecule has 1 unspecified atom stereocenters. The highest BCUT2D eigenvalue weighted by atomic mass is 19.4. The van der Waals surface area contributed by atoms with E-state index in [2.05, 4.69) is 19.9 Å². The highest BCUT2D eigenvalue weighted by Gasteiger charge is 2.34. The number of hydrogen-bond donors (Lipinski definition) is 0. The summed E-state index contributed by atoms with van der Waals surface area (Å²) in [6.45, 7) is 3.50. The summed E-state index contributed by atoms with van der Waals surface area (Å²) in [5.74, 6) is -0.412. The fourth-order valence-electron chi connectivity index (χ4n) is 4.50. The lowest BCUT2D eigenvalue weighted by atomic mass is 10.1. The van der Waals surface area contributed by atoms with Gasteiger partial charge in [-0.15, -0.1) is 0 Å². The van der Waals surface area contributed by atoms with Crippen LogP contribution in [0.5, 0.6) is 0 Å². The molecule has 3 aromatic rings. The fourth-order valence-corrected chi connectivity index (χ4v) is 4.50. The summed E-state index contributed by atoms with van der Waals surface area (Å²) < 4.78 is 55.7. The summed E-state index contributed by atoms with van der Waals surface area (Å²) in [5, 5.41) is 5.07. The molecule has 1 atom stereocenters. The van der Waals surface area contributed by atoms with Gasteiger partial charge in [-0.3, -0.25) is 9.58 Å². The Labute approximate surface area is 158 Å². The summed E-state index contributed by atoms with van der Waals surface area (Å²) in [7, 11) is 1.70. The smallest absolute Gasteiger partial charge is 0.352 e. The van der Waals surface area contributed by atoms with Gasteiger partial charge in [-0.1, -0.05) is 0 Å². The number of nitrogens with zero attached hydrogens (tertiary/aromatic N) is 5. The average molecular weight is 393 g/mol. The second-order valence-corrected chi connectivity index (χ2v) is 7.63. The van der Waals surface area contributed by atoms with Gasteiger partial charge < -0.3 is 4.90 Å². The van der Waals surface area contributed by atoms with Crippen LogP contribution in [0.25, 0.3) is 21.8 Å². The predicted octanol–water partition coefficient (Wildman–Crippen LogP) is 3.56. The van der Waals surface area contributed by atoms with E-state index in [0.29, 0.717) is 28.8 Å². The average Bonchev–Trinajstić information content (AvgIpc) is 3.25. The van der Waals surface area contributed by atoms with Crippen LogP contribution >= 0.6 is 0 Å². The molecule has 2 aliphatic rings. The first-order valence-corrected chi connectivity index (χ1v) is 9.34. The molecule has 0 spiro atoms. The number of anilines is 1. The van der Waals surface area contributed by atoms with E-state index in [1.165, 1.54) is 0 Å². The molecule has 1 aromatic carbocycles. The minimum Gasteiger partial charge on any atom is -0.352 e. The van der Waals surface area contributed by atoms with E-state index in [4.69, 9.17) is 0 Å². The standard InChI is InChI=1S/C19H19F4N5/c1-26-10-14-13-7-11(19(21,22)23)8-15(20)16(13)24-18(17(14)25-26)28-6-5-27-4-2-3-12(27)9-28/h7-8,10,12H,2-6,9H2,1H3. The third kappa shape index (κ3) is 2.71. The zero-order valence-electron chi connectivity index (χ0n) is 15.3. The molecule has 0 aliphatic carbocycles. The summed E-state index contributed by atoms with van der Waals surface area (Å²) in [4.78, 5) is 9.01. The Morgan fingerprint density at radius 2 is 1.89 bits per heavy atom. The van der Waals surface area contributed by atoms with Gasteiger partial charge in [0, 0.05) is 49.7 Å². The number of pyridine rings is 1. The number of alkyl halides is 3. The topological polar surface area (TPSA) is 37.2 Å². The quantitative estimate of drug-likeness (QED) is 0.593.